The number of rotatable bonds is 6. The van der Waals surface area contributed by atoms with Crippen molar-refractivity contribution in [2.75, 3.05) is 11.6 Å². The molecular weight excluding hydrogens is 341 g/mol. The second-order valence-electron chi connectivity index (χ2n) is 5.16. The van der Waals surface area contributed by atoms with Gasteiger partial charge in [0.1, 0.15) is 5.82 Å². The number of carbonyl (C=O) groups is 1. The summed E-state index contributed by atoms with van der Waals surface area (Å²) in [5, 5.41) is 15.7. The van der Waals surface area contributed by atoms with Crippen molar-refractivity contribution < 1.29 is 9.18 Å². The molecule has 0 aliphatic rings. The highest BCUT2D eigenvalue weighted by molar-refractivity contribution is 7.98. The number of aromatic amines is 1. The molecule has 3 aromatic rings. The number of H-pyrrole nitrogens is 1. The second kappa shape index (κ2) is 7.80. The first-order chi connectivity index (χ1) is 12.2. The van der Waals surface area contributed by atoms with Crippen molar-refractivity contribution in [3.63, 3.8) is 0 Å². The minimum atomic E-state index is -0.439. The van der Waals surface area contributed by atoms with Gasteiger partial charge in [0.15, 0.2) is 11.5 Å². The summed E-state index contributed by atoms with van der Waals surface area (Å²) >= 11 is 1.66. The Kier molecular flexibility index (Phi) is 5.30. The van der Waals surface area contributed by atoms with Crippen LogP contribution in [0.2, 0.25) is 0 Å². The van der Waals surface area contributed by atoms with E-state index in [4.69, 9.17) is 0 Å². The number of nitrogens with zero attached hydrogens (tertiary/aromatic N) is 2. The van der Waals surface area contributed by atoms with E-state index in [-0.39, 0.29) is 17.2 Å². The topological polar surface area (TPSA) is 82.7 Å². The fourth-order valence-electron chi connectivity index (χ4n) is 2.18. The molecule has 1 aromatic heterocycles. The maximum absolute atomic E-state index is 13.7. The van der Waals surface area contributed by atoms with E-state index in [0.717, 1.165) is 10.5 Å². The van der Waals surface area contributed by atoms with E-state index in [0.29, 0.717) is 6.54 Å². The van der Waals surface area contributed by atoms with Gasteiger partial charge in [-0.15, -0.1) is 22.0 Å². The Balaban J connectivity index is 1.66. The predicted octanol–water partition coefficient (Wildman–Crippen LogP) is 3.34. The molecule has 0 bridgehead atoms. The molecule has 3 N–H and O–H groups in total. The van der Waals surface area contributed by atoms with Crippen LogP contribution in [0, 0.1) is 5.82 Å². The fourth-order valence-corrected chi connectivity index (χ4v) is 2.58. The van der Waals surface area contributed by atoms with Crippen LogP contribution in [0.4, 0.5) is 15.9 Å². The van der Waals surface area contributed by atoms with Gasteiger partial charge in [-0.1, -0.05) is 24.3 Å². The normalized spacial score (nSPS) is 10.5. The SMILES string of the molecule is CSc1ccc(CNC(=O)c2n[nH]nc2Nc2ccccc2F)cc1. The quantitative estimate of drug-likeness (QED) is 0.590. The second-order valence-corrected chi connectivity index (χ2v) is 6.04. The first kappa shape index (κ1) is 17.0. The highest BCUT2D eigenvalue weighted by Crippen LogP contribution is 2.20. The molecule has 0 spiro atoms. The van der Waals surface area contributed by atoms with Crippen LogP contribution in [-0.4, -0.2) is 27.6 Å². The third kappa shape index (κ3) is 4.16. The summed E-state index contributed by atoms with van der Waals surface area (Å²) in [5.74, 6) is -0.674. The molecule has 0 unspecified atom stereocenters. The molecule has 0 radical (unpaired) electrons. The lowest BCUT2D eigenvalue weighted by atomic mass is 10.2. The van der Waals surface area contributed by atoms with Crippen LogP contribution in [0.15, 0.2) is 53.4 Å². The molecule has 0 atom stereocenters. The van der Waals surface area contributed by atoms with E-state index < -0.39 is 11.7 Å². The highest BCUT2D eigenvalue weighted by atomic mass is 32.2. The van der Waals surface area contributed by atoms with Crippen molar-refractivity contribution in [1.29, 1.82) is 0 Å². The molecule has 3 rings (SSSR count). The van der Waals surface area contributed by atoms with Gasteiger partial charge in [-0.3, -0.25) is 4.79 Å². The number of hydrogen-bond donors (Lipinski definition) is 3. The van der Waals surface area contributed by atoms with Crippen molar-refractivity contribution in [1.82, 2.24) is 20.7 Å². The fraction of sp³-hybridized carbons (Fsp3) is 0.118. The predicted molar refractivity (Wildman–Crippen MR) is 95.5 cm³/mol. The monoisotopic (exact) mass is 357 g/mol. The van der Waals surface area contributed by atoms with E-state index >= 15 is 0 Å². The van der Waals surface area contributed by atoms with Gasteiger partial charge >= 0.3 is 0 Å². The van der Waals surface area contributed by atoms with Crippen LogP contribution in [0.5, 0.6) is 0 Å². The van der Waals surface area contributed by atoms with Gasteiger partial charge < -0.3 is 10.6 Å². The molecule has 25 heavy (non-hydrogen) atoms. The number of benzene rings is 2. The summed E-state index contributed by atoms with van der Waals surface area (Å²) in [6.07, 6.45) is 2.01. The first-order valence-corrected chi connectivity index (χ1v) is 8.73. The van der Waals surface area contributed by atoms with Crippen LogP contribution in [0.25, 0.3) is 0 Å². The molecule has 0 aliphatic carbocycles. The highest BCUT2D eigenvalue weighted by Gasteiger charge is 2.17. The van der Waals surface area contributed by atoms with Gasteiger partial charge in [-0.2, -0.15) is 5.21 Å². The minimum absolute atomic E-state index is 0.0731. The summed E-state index contributed by atoms with van der Waals surface area (Å²) in [4.78, 5) is 13.5. The first-order valence-electron chi connectivity index (χ1n) is 7.51. The van der Waals surface area contributed by atoms with Gasteiger partial charge in [0.05, 0.1) is 5.69 Å². The number of carbonyl (C=O) groups excluding carboxylic acids is 1. The zero-order valence-corrected chi connectivity index (χ0v) is 14.2. The summed E-state index contributed by atoms with van der Waals surface area (Å²) < 4.78 is 13.7. The molecule has 0 aliphatic heterocycles. The molecule has 6 nitrogen and oxygen atoms in total. The van der Waals surface area contributed by atoms with E-state index in [1.54, 1.807) is 30.0 Å². The van der Waals surface area contributed by atoms with Gasteiger partial charge in [0.2, 0.25) is 0 Å². The Bertz CT molecular complexity index is 865. The molecule has 1 amide bonds. The number of aromatic nitrogens is 3. The Morgan fingerprint density at radius 2 is 1.92 bits per heavy atom. The Morgan fingerprint density at radius 3 is 2.64 bits per heavy atom. The molecule has 0 fully saturated rings. The zero-order valence-electron chi connectivity index (χ0n) is 13.4. The number of nitrogens with one attached hydrogen (secondary N) is 3. The maximum atomic E-state index is 13.7. The molecule has 1 heterocycles. The Hall–Kier alpha value is -2.87. The third-order valence-electron chi connectivity index (χ3n) is 3.50. The molecule has 0 saturated heterocycles. The molecule has 2 aromatic carbocycles. The van der Waals surface area contributed by atoms with Gasteiger partial charge in [0.25, 0.3) is 5.91 Å². The maximum Gasteiger partial charge on any atom is 0.275 e. The minimum Gasteiger partial charge on any atom is -0.346 e. The van der Waals surface area contributed by atoms with E-state index in [2.05, 4.69) is 26.0 Å². The van der Waals surface area contributed by atoms with Crippen molar-refractivity contribution >= 4 is 29.2 Å². The van der Waals surface area contributed by atoms with Crippen LogP contribution in [-0.2, 0) is 6.54 Å². The van der Waals surface area contributed by atoms with Gasteiger partial charge in [-0.25, -0.2) is 4.39 Å². The number of anilines is 2. The third-order valence-corrected chi connectivity index (χ3v) is 4.25. The van der Waals surface area contributed by atoms with Crippen molar-refractivity contribution in [2.45, 2.75) is 11.4 Å². The van der Waals surface area contributed by atoms with Gasteiger partial charge in [-0.05, 0) is 36.1 Å². The summed E-state index contributed by atoms with van der Waals surface area (Å²) in [5.41, 5.74) is 1.26. The smallest absolute Gasteiger partial charge is 0.275 e. The summed E-state index contributed by atoms with van der Waals surface area (Å²) in [6.45, 7) is 0.361. The Morgan fingerprint density at radius 1 is 1.16 bits per heavy atom. The number of halogens is 1. The van der Waals surface area contributed by atoms with Crippen LogP contribution in [0.1, 0.15) is 16.1 Å². The standard InChI is InChI=1S/C17H16FN5OS/c1-25-12-8-6-11(7-9-12)10-19-17(24)15-16(22-23-21-15)20-14-5-3-2-4-13(14)18/h2-9H,10H2,1H3,(H,19,24)(H2,20,21,22,23). The van der Waals surface area contributed by atoms with Crippen molar-refractivity contribution in [2.24, 2.45) is 0 Å². The van der Waals surface area contributed by atoms with Crippen LogP contribution in [0.3, 0.4) is 0 Å². The van der Waals surface area contributed by atoms with Crippen LogP contribution >= 0.6 is 11.8 Å². The lowest BCUT2D eigenvalue weighted by Crippen LogP contribution is -2.24. The summed E-state index contributed by atoms with van der Waals surface area (Å²) in [7, 11) is 0. The lowest BCUT2D eigenvalue weighted by Gasteiger charge is -2.07. The number of thioether (sulfide) groups is 1. The van der Waals surface area contributed by atoms with E-state index in [9.17, 15) is 9.18 Å². The largest absolute Gasteiger partial charge is 0.346 e. The molecule has 0 saturated carbocycles. The average molecular weight is 357 g/mol. The zero-order chi connectivity index (χ0) is 17.6. The average Bonchev–Trinajstić information content (AvgIpc) is 3.10. The van der Waals surface area contributed by atoms with Gasteiger partial charge in [0, 0.05) is 11.4 Å². The van der Waals surface area contributed by atoms with Crippen molar-refractivity contribution in [3.05, 3.63) is 65.6 Å². The van der Waals surface area contributed by atoms with E-state index in [1.807, 2.05) is 30.5 Å². The molecule has 128 valence electrons. The van der Waals surface area contributed by atoms with Crippen molar-refractivity contribution in [3.8, 4) is 0 Å². The molecular formula is C17H16FN5OS. The number of amides is 1. The van der Waals surface area contributed by atoms with Crippen LogP contribution < -0.4 is 10.6 Å². The Labute approximate surface area is 148 Å². The number of hydrogen-bond acceptors (Lipinski definition) is 5. The number of para-hydroxylation sites is 1. The summed E-state index contributed by atoms with van der Waals surface area (Å²) in [6, 6.07) is 14.0. The molecule has 8 heteroatoms. The van der Waals surface area contributed by atoms with E-state index in [1.165, 1.54) is 6.07 Å². The lowest BCUT2D eigenvalue weighted by molar-refractivity contribution is 0.0946.